The van der Waals surface area contributed by atoms with Crippen LogP contribution >= 0.6 is 0 Å². The number of methoxy groups -OCH3 is 4. The van der Waals surface area contributed by atoms with Crippen molar-refractivity contribution in [2.45, 2.75) is 25.9 Å². The van der Waals surface area contributed by atoms with Crippen LogP contribution < -0.4 is 23.7 Å². The Bertz CT molecular complexity index is 1210. The van der Waals surface area contributed by atoms with Gasteiger partial charge in [0.05, 0.1) is 41.0 Å². The van der Waals surface area contributed by atoms with Gasteiger partial charge in [0.25, 0.3) is 0 Å². The summed E-state index contributed by atoms with van der Waals surface area (Å²) in [6.45, 7) is 2.35. The lowest BCUT2D eigenvalue weighted by Gasteiger charge is -2.42. The van der Waals surface area contributed by atoms with Crippen molar-refractivity contribution in [1.29, 1.82) is 0 Å². The number of hydrogen-bond donors (Lipinski definition) is 0. The molecule has 0 saturated carbocycles. The smallest absolute Gasteiger partial charge is 0.310 e. The fourth-order valence-corrected chi connectivity index (χ4v) is 5.20. The Kier molecular flexibility index (Phi) is 7.84. The third kappa shape index (κ3) is 4.88. The molecule has 4 rings (SSSR count). The fraction of sp³-hybridized carbons (Fsp3) is 0.444. The zero-order valence-electron chi connectivity index (χ0n) is 22.0. The van der Waals surface area contributed by atoms with Gasteiger partial charge >= 0.3 is 17.9 Å². The lowest BCUT2D eigenvalue weighted by atomic mass is 9.65. The minimum atomic E-state index is -0.946. The Balaban J connectivity index is 2.03. The highest BCUT2D eigenvalue weighted by atomic mass is 16.7. The van der Waals surface area contributed by atoms with Crippen molar-refractivity contribution in [3.8, 4) is 28.7 Å². The number of rotatable bonds is 8. The van der Waals surface area contributed by atoms with E-state index in [0.29, 0.717) is 45.4 Å². The van der Waals surface area contributed by atoms with Crippen LogP contribution in [0.3, 0.4) is 0 Å². The molecule has 0 aromatic heterocycles. The van der Waals surface area contributed by atoms with Crippen LogP contribution in [0.1, 0.15) is 42.6 Å². The monoisotopic (exact) mass is 530 g/mol. The van der Waals surface area contributed by atoms with E-state index in [1.165, 1.54) is 42.3 Å². The SMILES string of the molecule is COC(=O)[C@@H]1[C@H](c2cc(OC)c(OC)c(OC)c2)c2cc3c(cc2[C@H](OC(C)=O)[C@H]1COC(C)=O)OCO3. The van der Waals surface area contributed by atoms with Crippen LogP contribution in [-0.2, 0) is 28.6 Å². The number of hydrogen-bond acceptors (Lipinski definition) is 11. The van der Waals surface area contributed by atoms with Gasteiger partial charge in [-0.15, -0.1) is 0 Å². The molecule has 11 heteroatoms. The van der Waals surface area contributed by atoms with Gasteiger partial charge < -0.3 is 37.9 Å². The molecule has 38 heavy (non-hydrogen) atoms. The number of fused-ring (bicyclic) bond motifs is 2. The second-order valence-electron chi connectivity index (χ2n) is 8.82. The van der Waals surface area contributed by atoms with E-state index < -0.39 is 41.8 Å². The van der Waals surface area contributed by atoms with Crippen molar-refractivity contribution < 1.29 is 52.3 Å². The molecule has 1 heterocycles. The summed E-state index contributed by atoms with van der Waals surface area (Å²) >= 11 is 0. The maximum atomic E-state index is 13.5. The third-order valence-corrected chi connectivity index (χ3v) is 6.72. The van der Waals surface area contributed by atoms with Crippen LogP contribution in [0.4, 0.5) is 0 Å². The van der Waals surface area contributed by atoms with E-state index in [4.69, 9.17) is 37.9 Å². The standard InChI is InChI=1S/C27H30O11/c1-13(28)35-11-18-24(27(30)34-6)23(15-7-21(31-3)26(33-5)22(8-15)32-4)16-9-19-20(37-12-36-19)10-17(16)25(18)38-14(2)29/h7-10,18,23-25H,11-12H2,1-6H3/t18-,23+,24-,25-/m0/s1. The van der Waals surface area contributed by atoms with Gasteiger partial charge in [-0.2, -0.15) is 0 Å². The number of benzene rings is 2. The van der Waals surface area contributed by atoms with Crippen LogP contribution in [0.25, 0.3) is 0 Å². The molecule has 2 aromatic carbocycles. The van der Waals surface area contributed by atoms with Gasteiger partial charge in [0.2, 0.25) is 12.5 Å². The van der Waals surface area contributed by atoms with Gasteiger partial charge in [0, 0.05) is 31.2 Å². The van der Waals surface area contributed by atoms with Crippen LogP contribution in [0.5, 0.6) is 28.7 Å². The summed E-state index contributed by atoms with van der Waals surface area (Å²) < 4.78 is 44.2. The minimum absolute atomic E-state index is 0.0165. The van der Waals surface area contributed by atoms with Gasteiger partial charge in [-0.1, -0.05) is 0 Å². The zero-order chi connectivity index (χ0) is 27.6. The number of carbonyl (C=O) groups excluding carboxylic acids is 3. The van der Waals surface area contributed by atoms with E-state index >= 15 is 0 Å². The summed E-state index contributed by atoms with van der Waals surface area (Å²) in [5.41, 5.74) is 1.86. The molecule has 0 N–H and O–H groups in total. The maximum absolute atomic E-state index is 13.5. The average molecular weight is 531 g/mol. The van der Waals surface area contributed by atoms with Crippen LogP contribution in [-0.4, -0.2) is 59.7 Å². The highest BCUT2D eigenvalue weighted by Gasteiger charge is 2.50. The van der Waals surface area contributed by atoms with Crippen molar-refractivity contribution in [2.75, 3.05) is 41.8 Å². The van der Waals surface area contributed by atoms with Crippen molar-refractivity contribution >= 4 is 17.9 Å². The van der Waals surface area contributed by atoms with Gasteiger partial charge in [0.15, 0.2) is 23.0 Å². The lowest BCUT2D eigenvalue weighted by Crippen LogP contribution is -2.43. The Morgan fingerprint density at radius 3 is 1.95 bits per heavy atom. The quantitative estimate of drug-likeness (QED) is 0.369. The lowest BCUT2D eigenvalue weighted by molar-refractivity contribution is -0.166. The normalized spacial score (nSPS) is 21.1. The first-order valence-corrected chi connectivity index (χ1v) is 11.9. The highest BCUT2D eigenvalue weighted by Crippen LogP contribution is 2.55. The molecule has 0 amide bonds. The third-order valence-electron chi connectivity index (χ3n) is 6.72. The van der Waals surface area contributed by atoms with E-state index in [9.17, 15) is 14.4 Å². The molecule has 1 aliphatic carbocycles. The van der Waals surface area contributed by atoms with Crippen molar-refractivity contribution in [1.82, 2.24) is 0 Å². The Labute approximate surface area is 219 Å². The van der Waals surface area contributed by atoms with Gasteiger partial charge in [-0.05, 0) is 35.4 Å². The molecular formula is C27H30O11. The molecule has 0 bridgehead atoms. The van der Waals surface area contributed by atoms with E-state index in [2.05, 4.69) is 0 Å². The topological polar surface area (TPSA) is 125 Å². The first-order valence-electron chi connectivity index (χ1n) is 11.9. The van der Waals surface area contributed by atoms with Crippen LogP contribution in [0.2, 0.25) is 0 Å². The Hall–Kier alpha value is -4.15. The predicted molar refractivity (Wildman–Crippen MR) is 131 cm³/mol. The molecule has 0 fully saturated rings. The highest BCUT2D eigenvalue weighted by molar-refractivity contribution is 5.77. The van der Waals surface area contributed by atoms with E-state index in [-0.39, 0.29) is 13.4 Å². The summed E-state index contributed by atoms with van der Waals surface area (Å²) in [6, 6.07) is 6.97. The molecule has 0 spiro atoms. The molecule has 2 aromatic rings. The molecule has 0 unspecified atom stereocenters. The van der Waals surface area contributed by atoms with E-state index in [1.807, 2.05) is 0 Å². The molecule has 204 valence electrons. The average Bonchev–Trinajstić information content (AvgIpc) is 3.36. The molecule has 2 aliphatic rings. The van der Waals surface area contributed by atoms with E-state index in [1.54, 1.807) is 24.3 Å². The molecular weight excluding hydrogens is 500 g/mol. The largest absolute Gasteiger partial charge is 0.493 e. The van der Waals surface area contributed by atoms with Crippen LogP contribution in [0.15, 0.2) is 24.3 Å². The van der Waals surface area contributed by atoms with Gasteiger partial charge in [-0.25, -0.2) is 0 Å². The number of ether oxygens (including phenoxy) is 8. The van der Waals surface area contributed by atoms with Crippen molar-refractivity contribution in [3.05, 3.63) is 41.0 Å². The van der Waals surface area contributed by atoms with Gasteiger partial charge in [-0.3, -0.25) is 14.4 Å². The Morgan fingerprint density at radius 2 is 1.45 bits per heavy atom. The van der Waals surface area contributed by atoms with Crippen molar-refractivity contribution in [2.24, 2.45) is 11.8 Å². The number of esters is 3. The van der Waals surface area contributed by atoms with E-state index in [0.717, 1.165) is 0 Å². The second-order valence-corrected chi connectivity index (χ2v) is 8.82. The summed E-state index contributed by atoms with van der Waals surface area (Å²) in [7, 11) is 5.75. The summed E-state index contributed by atoms with van der Waals surface area (Å²) in [5.74, 6) is -2.03. The second kappa shape index (κ2) is 11.1. The molecule has 11 nitrogen and oxygen atoms in total. The van der Waals surface area contributed by atoms with Gasteiger partial charge in [0.1, 0.15) is 6.10 Å². The zero-order valence-corrected chi connectivity index (χ0v) is 22.0. The van der Waals surface area contributed by atoms with Crippen molar-refractivity contribution in [3.63, 3.8) is 0 Å². The molecule has 0 saturated heterocycles. The molecule has 1 aliphatic heterocycles. The fourth-order valence-electron chi connectivity index (χ4n) is 5.20. The summed E-state index contributed by atoms with van der Waals surface area (Å²) in [6.07, 6.45) is -0.946. The summed E-state index contributed by atoms with van der Waals surface area (Å²) in [5, 5.41) is 0. The number of carbonyl (C=O) groups is 3. The first kappa shape index (κ1) is 26.9. The minimum Gasteiger partial charge on any atom is -0.493 e. The predicted octanol–water partition coefficient (Wildman–Crippen LogP) is 3.16. The Morgan fingerprint density at radius 1 is 0.842 bits per heavy atom. The maximum Gasteiger partial charge on any atom is 0.310 e. The summed E-state index contributed by atoms with van der Waals surface area (Å²) in [4.78, 5) is 37.5. The molecule has 4 atom stereocenters. The first-order chi connectivity index (χ1) is 18.2. The van der Waals surface area contributed by atoms with Crippen LogP contribution in [0, 0.1) is 11.8 Å². The molecule has 0 radical (unpaired) electrons.